The number of hydrogen-bond acceptors (Lipinski definition) is 13. The summed E-state index contributed by atoms with van der Waals surface area (Å²) in [5.74, 6) is -0.655. The van der Waals surface area contributed by atoms with E-state index in [4.69, 9.17) is 15.2 Å². The molecule has 2 aromatic heterocycles. The Balaban J connectivity index is 0.000000202. The molecule has 12 nitrogen and oxygen atoms in total. The molecule has 0 unspecified atom stereocenters. The van der Waals surface area contributed by atoms with Crippen molar-refractivity contribution in [3.63, 3.8) is 0 Å². The first-order chi connectivity index (χ1) is 25.1. The smallest absolute Gasteiger partial charge is 0.338 e. The number of nitrogen functional groups attached to an aromatic ring is 1. The first kappa shape index (κ1) is 37.1. The van der Waals surface area contributed by atoms with Crippen LogP contribution in [-0.2, 0) is 9.47 Å². The number of nitro groups is 1. The second kappa shape index (κ2) is 17.2. The predicted octanol–water partition coefficient (Wildman–Crippen LogP) is 9.00. The number of aromatic nitrogens is 2. The van der Waals surface area contributed by atoms with Crippen LogP contribution in [0.25, 0.3) is 22.5 Å². The standard InChI is InChI=1S/C19H17N3O4S.C19H19N3O2S/c1-3-26-18(23)14-6-8-15(9-7-14)21(2)19-20-17(12-27-19)13-4-10-16(11-5-13)22(24)25;1-3-24-18(23)14-6-10-16(11-7-14)22(2)19-21-17(12-25-19)13-4-8-15(20)9-5-13/h4-12H,3H2,1-2H3;4-12H,3,20H2,1-2H3. The van der Waals surface area contributed by atoms with Gasteiger partial charge in [0.05, 0.1) is 40.7 Å². The Bertz CT molecular complexity index is 2120. The second-order valence-electron chi connectivity index (χ2n) is 11.1. The van der Waals surface area contributed by atoms with Crippen molar-refractivity contribution in [3.05, 3.63) is 129 Å². The summed E-state index contributed by atoms with van der Waals surface area (Å²) in [5.41, 5.74) is 12.9. The monoisotopic (exact) mass is 736 g/mol. The summed E-state index contributed by atoms with van der Waals surface area (Å²) in [6, 6.07) is 28.4. The van der Waals surface area contributed by atoms with E-state index in [1.807, 2.05) is 83.2 Å². The van der Waals surface area contributed by atoms with E-state index >= 15 is 0 Å². The van der Waals surface area contributed by atoms with Crippen LogP contribution in [-0.4, -0.2) is 54.1 Å². The van der Waals surface area contributed by atoms with Gasteiger partial charge in [-0.2, -0.15) is 0 Å². The average Bonchev–Trinajstić information content (AvgIpc) is 3.87. The lowest BCUT2D eigenvalue weighted by Gasteiger charge is -2.16. The Kier molecular flexibility index (Phi) is 12.3. The molecule has 266 valence electrons. The van der Waals surface area contributed by atoms with Crippen LogP contribution in [0.2, 0.25) is 0 Å². The molecule has 6 aromatic rings. The highest BCUT2D eigenvalue weighted by molar-refractivity contribution is 7.14. The van der Waals surface area contributed by atoms with Crippen molar-refractivity contribution in [1.29, 1.82) is 0 Å². The molecule has 0 aliphatic carbocycles. The molecule has 0 atom stereocenters. The van der Waals surface area contributed by atoms with Crippen molar-refractivity contribution < 1.29 is 24.0 Å². The van der Waals surface area contributed by atoms with Gasteiger partial charge in [0.1, 0.15) is 0 Å². The van der Waals surface area contributed by atoms with E-state index in [1.165, 1.54) is 23.5 Å². The number of nitrogens with zero attached hydrogens (tertiary/aromatic N) is 5. The first-order valence-electron chi connectivity index (χ1n) is 16.1. The van der Waals surface area contributed by atoms with Gasteiger partial charge in [0.15, 0.2) is 10.3 Å². The number of anilines is 5. The minimum Gasteiger partial charge on any atom is -0.462 e. The number of esters is 2. The molecule has 0 amide bonds. The molecule has 0 fully saturated rings. The van der Waals surface area contributed by atoms with Crippen LogP contribution in [0, 0.1) is 10.1 Å². The number of ether oxygens (including phenoxy) is 2. The lowest BCUT2D eigenvalue weighted by atomic mass is 10.1. The third kappa shape index (κ3) is 9.15. The zero-order valence-electron chi connectivity index (χ0n) is 28.9. The molecule has 0 aliphatic rings. The van der Waals surface area contributed by atoms with Crippen molar-refractivity contribution in [2.45, 2.75) is 13.8 Å². The second-order valence-corrected chi connectivity index (χ2v) is 12.8. The van der Waals surface area contributed by atoms with Crippen molar-refractivity contribution in [1.82, 2.24) is 9.97 Å². The Morgan fingerprint density at radius 2 is 1.06 bits per heavy atom. The molecular weight excluding hydrogens is 701 g/mol. The highest BCUT2D eigenvalue weighted by atomic mass is 32.1. The van der Waals surface area contributed by atoms with Gasteiger partial charge >= 0.3 is 11.9 Å². The van der Waals surface area contributed by atoms with Gasteiger partial charge in [0.2, 0.25) is 0 Å². The SMILES string of the molecule is CCOC(=O)c1ccc(N(C)c2nc(-c3ccc(N)cc3)cs2)cc1.CCOC(=O)c1ccc(N(C)c2nc(-c3ccc([N+](=O)[O-])cc3)cs2)cc1. The third-order valence-electron chi connectivity index (χ3n) is 7.67. The zero-order valence-corrected chi connectivity index (χ0v) is 30.5. The summed E-state index contributed by atoms with van der Waals surface area (Å²) < 4.78 is 9.99. The number of non-ortho nitro benzene ring substituents is 1. The van der Waals surface area contributed by atoms with Crippen LogP contribution in [0.4, 0.5) is 33.0 Å². The average molecular weight is 737 g/mol. The molecule has 14 heteroatoms. The van der Waals surface area contributed by atoms with E-state index in [9.17, 15) is 19.7 Å². The Labute approximate surface area is 308 Å². The molecule has 52 heavy (non-hydrogen) atoms. The fraction of sp³-hybridized carbons (Fsp3) is 0.158. The van der Waals surface area contributed by atoms with E-state index < -0.39 is 4.92 Å². The van der Waals surface area contributed by atoms with Crippen LogP contribution < -0.4 is 15.5 Å². The molecule has 0 saturated carbocycles. The van der Waals surface area contributed by atoms with Crippen LogP contribution in [0.3, 0.4) is 0 Å². The molecule has 0 spiro atoms. The van der Waals surface area contributed by atoms with E-state index in [-0.39, 0.29) is 17.6 Å². The number of carbonyl (C=O) groups excluding carboxylic acids is 2. The highest BCUT2D eigenvalue weighted by Crippen LogP contribution is 2.33. The van der Waals surface area contributed by atoms with Gasteiger partial charge in [-0.25, -0.2) is 19.6 Å². The van der Waals surface area contributed by atoms with Crippen molar-refractivity contribution in [2.75, 3.05) is 42.8 Å². The molecule has 4 aromatic carbocycles. The zero-order chi connectivity index (χ0) is 37.2. The maximum Gasteiger partial charge on any atom is 0.338 e. The molecule has 0 bridgehead atoms. The Morgan fingerprint density at radius 1 is 0.673 bits per heavy atom. The Hall–Kier alpha value is -6.12. The van der Waals surface area contributed by atoms with Crippen molar-refractivity contribution >= 4 is 67.6 Å². The van der Waals surface area contributed by atoms with Gasteiger partial charge in [0, 0.05) is 65.2 Å². The molecule has 2 heterocycles. The fourth-order valence-electron chi connectivity index (χ4n) is 4.80. The quantitative estimate of drug-likeness (QED) is 0.0587. The topological polar surface area (TPSA) is 154 Å². The Morgan fingerprint density at radius 3 is 1.42 bits per heavy atom. The van der Waals surface area contributed by atoms with E-state index in [0.29, 0.717) is 24.3 Å². The van der Waals surface area contributed by atoms with E-state index in [1.54, 1.807) is 61.6 Å². The predicted molar refractivity (Wildman–Crippen MR) is 207 cm³/mol. The van der Waals surface area contributed by atoms with Crippen LogP contribution in [0.1, 0.15) is 34.6 Å². The van der Waals surface area contributed by atoms with Crippen molar-refractivity contribution in [3.8, 4) is 22.5 Å². The van der Waals surface area contributed by atoms with Gasteiger partial charge in [-0.1, -0.05) is 12.1 Å². The normalized spacial score (nSPS) is 10.5. The number of hydrogen-bond donors (Lipinski definition) is 1. The maximum absolute atomic E-state index is 11.7. The molecule has 0 radical (unpaired) electrons. The molecular formula is C38H36N6O6S2. The lowest BCUT2D eigenvalue weighted by Crippen LogP contribution is -2.10. The summed E-state index contributed by atoms with van der Waals surface area (Å²) >= 11 is 3.03. The largest absolute Gasteiger partial charge is 0.462 e. The summed E-state index contributed by atoms with van der Waals surface area (Å²) in [6.45, 7) is 4.27. The maximum atomic E-state index is 11.7. The first-order valence-corrected chi connectivity index (χ1v) is 17.9. The molecule has 0 saturated heterocycles. The van der Waals surface area contributed by atoms with E-state index in [0.717, 1.165) is 49.8 Å². The number of thiazole rings is 2. The van der Waals surface area contributed by atoms with E-state index in [2.05, 4.69) is 9.97 Å². The summed E-state index contributed by atoms with van der Waals surface area (Å²) in [7, 11) is 3.84. The van der Waals surface area contributed by atoms with Gasteiger partial charge in [-0.15, -0.1) is 22.7 Å². The van der Waals surface area contributed by atoms with Crippen LogP contribution in [0.15, 0.2) is 108 Å². The van der Waals surface area contributed by atoms with Gasteiger partial charge < -0.3 is 25.0 Å². The highest BCUT2D eigenvalue weighted by Gasteiger charge is 2.14. The van der Waals surface area contributed by atoms with Crippen LogP contribution in [0.5, 0.6) is 0 Å². The van der Waals surface area contributed by atoms with Gasteiger partial charge in [-0.3, -0.25) is 10.1 Å². The van der Waals surface area contributed by atoms with Gasteiger partial charge in [-0.05, 0) is 86.6 Å². The molecule has 6 rings (SSSR count). The number of rotatable bonds is 11. The van der Waals surface area contributed by atoms with Crippen LogP contribution >= 0.6 is 22.7 Å². The third-order valence-corrected chi connectivity index (χ3v) is 9.50. The van der Waals surface area contributed by atoms with Crippen molar-refractivity contribution in [2.24, 2.45) is 0 Å². The molecule has 2 N–H and O–H groups in total. The fourth-order valence-corrected chi connectivity index (χ4v) is 6.44. The van der Waals surface area contributed by atoms with Gasteiger partial charge in [0.25, 0.3) is 5.69 Å². The summed E-state index contributed by atoms with van der Waals surface area (Å²) in [6.07, 6.45) is 0. The number of nitrogens with two attached hydrogens (primary N) is 1. The number of nitro benzene ring substituents is 1. The summed E-state index contributed by atoms with van der Waals surface area (Å²) in [4.78, 5) is 47.0. The minimum atomic E-state index is -0.427. The lowest BCUT2D eigenvalue weighted by molar-refractivity contribution is -0.384. The number of carbonyl (C=O) groups is 2. The minimum absolute atomic E-state index is 0.0491. The summed E-state index contributed by atoms with van der Waals surface area (Å²) in [5, 5.41) is 16.3. The number of benzene rings is 4. The molecule has 0 aliphatic heterocycles.